The van der Waals surface area contributed by atoms with Crippen molar-refractivity contribution in [2.75, 3.05) is 87.9 Å². The van der Waals surface area contributed by atoms with Crippen LogP contribution in [0.4, 0.5) is 74.6 Å². The van der Waals surface area contributed by atoms with E-state index in [1.54, 1.807) is 30.9 Å². The summed E-state index contributed by atoms with van der Waals surface area (Å²) in [5.74, 6) is 5.39. The van der Waals surface area contributed by atoms with E-state index >= 15 is 0 Å². The van der Waals surface area contributed by atoms with Gasteiger partial charge in [0.15, 0.2) is 102 Å². The number of benzene rings is 6. The highest BCUT2D eigenvalue weighted by molar-refractivity contribution is 6.08. The van der Waals surface area contributed by atoms with Gasteiger partial charge in [-0.1, -0.05) is 61.3 Å². The lowest BCUT2D eigenvalue weighted by Crippen LogP contribution is -2.11. The molecule has 0 saturated heterocycles. The number of rotatable bonds is 18. The van der Waals surface area contributed by atoms with Crippen molar-refractivity contribution < 1.29 is 41.5 Å². The van der Waals surface area contributed by atoms with Crippen LogP contribution in [0.1, 0.15) is 139 Å². The summed E-state index contributed by atoms with van der Waals surface area (Å²) < 4.78 is 47.7. The van der Waals surface area contributed by atoms with E-state index in [0.29, 0.717) is 153 Å². The summed E-state index contributed by atoms with van der Waals surface area (Å²) in [6, 6.07) is 35.5. The van der Waals surface area contributed by atoms with Crippen LogP contribution < -0.4 is 66.7 Å². The molecule has 19 N–H and O–H groups in total. The molecule has 0 unspecified atom stereocenters. The van der Waals surface area contributed by atoms with Crippen molar-refractivity contribution in [3.05, 3.63) is 147 Å². The predicted octanol–water partition coefficient (Wildman–Crippen LogP) is 17.2. The first kappa shape index (κ1) is 97.6. The van der Waals surface area contributed by atoms with Crippen LogP contribution in [0, 0.1) is 0 Å². The van der Waals surface area contributed by atoms with Crippen molar-refractivity contribution in [2.45, 2.75) is 145 Å². The Bertz CT molecular complexity index is 9280. The van der Waals surface area contributed by atoms with Crippen LogP contribution in [-0.2, 0) is 9.53 Å². The molecule has 18 heterocycles. The molecule has 1 aliphatic rings. The number of hydrogen-bond acceptors (Lipinski definition) is 43. The van der Waals surface area contributed by atoms with Gasteiger partial charge in [0.1, 0.15) is 107 Å². The van der Waals surface area contributed by atoms with Gasteiger partial charge in [-0.3, -0.25) is 10.1 Å². The Kier molecular flexibility index (Phi) is 25.8. The molecule has 51 heteroatoms. The zero-order valence-corrected chi connectivity index (χ0v) is 83.9. The van der Waals surface area contributed by atoms with Crippen molar-refractivity contribution in [1.82, 2.24) is 149 Å². The summed E-state index contributed by atoms with van der Waals surface area (Å²) >= 11 is 0. The number of ether oxygens (including phenoxy) is 1. The Morgan fingerprint density at radius 2 is 0.547 bits per heavy atom. The number of hydrogen-bond donors (Lipinski definition) is 12. The fourth-order valence-electron chi connectivity index (χ4n) is 17.3. The predicted molar refractivity (Wildman–Crippen MR) is 569 cm³/mol. The van der Waals surface area contributed by atoms with Gasteiger partial charge in [-0.25, -0.2) is 92.7 Å². The number of nitrogens with zero attached hydrogens (tertiary/aromatic N) is 30. The molecule has 1 saturated carbocycles. The highest BCUT2D eigenvalue weighted by Crippen LogP contribution is 2.44. The summed E-state index contributed by atoms with van der Waals surface area (Å²) in [6.07, 6.45) is 10.4. The van der Waals surface area contributed by atoms with E-state index in [1.165, 1.54) is 64.8 Å². The zero-order chi connectivity index (χ0) is 105. The van der Waals surface area contributed by atoms with E-state index < -0.39 is 6.09 Å². The molecule has 1 fully saturated rings. The van der Waals surface area contributed by atoms with E-state index in [-0.39, 0.29) is 48.0 Å². The summed E-state index contributed by atoms with van der Waals surface area (Å²) in [6.45, 7) is 25.9. The van der Waals surface area contributed by atoms with Crippen molar-refractivity contribution in [1.29, 1.82) is 0 Å². The van der Waals surface area contributed by atoms with Gasteiger partial charge < -0.3 is 93.3 Å². The van der Waals surface area contributed by atoms with Crippen LogP contribution >= 0.6 is 0 Å². The molecule has 51 nitrogen and oxygen atoms in total. The molecule has 0 bridgehead atoms. The van der Waals surface area contributed by atoms with Crippen molar-refractivity contribution in [3.63, 3.8) is 0 Å². The first-order valence-corrected chi connectivity index (χ1v) is 47.6. The molecule has 25 rings (SSSR count). The molecule has 0 radical (unpaired) electrons. The lowest BCUT2D eigenvalue weighted by atomic mass is 10.1. The number of methoxy groups -OCH3 is 1. The maximum absolute atomic E-state index is 11.4. The molecular formula is C99H102N42O9. The third-order valence-electron chi connectivity index (χ3n) is 24.6. The second kappa shape index (κ2) is 39.7. The number of anilines is 12. The number of carbonyl (C=O) groups is 2. The minimum absolute atomic E-state index is 0.0976. The molecule has 6 aromatic carbocycles. The van der Waals surface area contributed by atoms with Crippen LogP contribution in [0.25, 0.3) is 200 Å². The minimum atomic E-state index is -0.624. The molecule has 150 heavy (non-hydrogen) atoms. The highest BCUT2D eigenvalue weighted by Gasteiger charge is 2.30. The first-order chi connectivity index (χ1) is 72.3. The second-order valence-corrected chi connectivity index (χ2v) is 36.8. The topological polar surface area (TPSA) is 703 Å². The van der Waals surface area contributed by atoms with E-state index in [1.807, 2.05) is 176 Å². The minimum Gasteiger partial charge on any atom is -0.453 e. The van der Waals surface area contributed by atoms with Crippen molar-refractivity contribution in [2.24, 2.45) is 0 Å². The molecule has 762 valence electrons. The molecule has 24 aromatic rings. The Labute approximate surface area is 848 Å². The Hall–Kier alpha value is -19.8. The zero-order valence-electron chi connectivity index (χ0n) is 83.9. The monoisotopic (exact) mass is 2020 g/mol. The SMILES string of the molecule is CC(=O)Nc1noc2cc(-c3nn(C(C)C)c4ncnc(N)c34)ccc12.CC(C)n1nc(-c2ccc3c(N)noc3c2)c2c(N)ncnc21.CC(C)n1nc(-c2ccc3c(NC4CC4)noc3c2)c2c(N)ncnc21.CNc1noc2cc(-c3nn(C(C)C)c4ncnc(N)c34)ccc12.CNc1noc2ccc(-c3nn(C(C)C)c4ncnc(N)c34)cc12.COC(=O)Nc1noc2cc(-c3nn(C(C)C)c4ncnc(N)c34)ccc12. The van der Waals surface area contributed by atoms with Gasteiger partial charge in [-0.15, -0.1) is 0 Å². The summed E-state index contributed by atoms with van der Waals surface area (Å²) in [7, 11) is 4.89. The number of carbonyl (C=O) groups excluding carboxylic acids is 2. The van der Waals surface area contributed by atoms with E-state index in [2.05, 4.69) is 165 Å². The Morgan fingerprint density at radius 1 is 0.300 bits per heavy atom. The van der Waals surface area contributed by atoms with Gasteiger partial charge >= 0.3 is 6.09 Å². The number of nitrogens with two attached hydrogens (primary N) is 7. The first-order valence-electron chi connectivity index (χ1n) is 47.6. The van der Waals surface area contributed by atoms with Gasteiger partial charge in [0.2, 0.25) is 5.91 Å². The number of nitrogens with one attached hydrogen (secondary N) is 5. The molecule has 0 aliphatic heterocycles. The number of nitrogen functional groups attached to an aromatic ring is 7. The van der Waals surface area contributed by atoms with Crippen LogP contribution in [0.3, 0.4) is 0 Å². The fraction of sp³-hybridized carbons (Fsp3) is 0.253. The van der Waals surface area contributed by atoms with Crippen molar-refractivity contribution >= 4 is 214 Å². The van der Waals surface area contributed by atoms with Crippen LogP contribution in [-0.4, -0.2) is 189 Å². The van der Waals surface area contributed by atoms with Crippen LogP contribution in [0.15, 0.2) is 174 Å². The van der Waals surface area contributed by atoms with E-state index in [9.17, 15) is 9.59 Å². The van der Waals surface area contributed by atoms with Gasteiger partial charge in [-0.05, 0) is 175 Å². The van der Waals surface area contributed by atoms with E-state index in [4.69, 9.17) is 82.6 Å². The van der Waals surface area contributed by atoms with Gasteiger partial charge in [0, 0.05) is 96.7 Å². The number of amides is 2. The van der Waals surface area contributed by atoms with E-state index in [0.717, 1.165) is 116 Å². The third-order valence-corrected chi connectivity index (χ3v) is 24.6. The molecule has 1 aliphatic carbocycles. The highest BCUT2D eigenvalue weighted by atomic mass is 16.5. The summed E-state index contributed by atoms with van der Waals surface area (Å²) in [5.41, 5.74) is 59.7. The average molecular weight is 2020 g/mol. The average Bonchev–Trinajstić information content (AvgIpc) is 1.63. The lowest BCUT2D eigenvalue weighted by Gasteiger charge is -2.05. The van der Waals surface area contributed by atoms with Crippen molar-refractivity contribution in [3.8, 4) is 67.5 Å². The molecule has 0 spiro atoms. The summed E-state index contributed by atoms with van der Waals surface area (Å²) in [5, 5.41) is 75.8. The second-order valence-electron chi connectivity index (χ2n) is 36.8. The largest absolute Gasteiger partial charge is 0.453 e. The number of fused-ring (bicyclic) bond motifs is 12. The van der Waals surface area contributed by atoms with Gasteiger partial charge in [0.25, 0.3) is 0 Å². The third kappa shape index (κ3) is 18.2. The maximum atomic E-state index is 11.4. The fourth-order valence-corrected chi connectivity index (χ4v) is 17.3. The number of aromatic nitrogens is 30. The molecular weight excluding hydrogens is 1920 g/mol. The Balaban J connectivity index is 0.000000109. The molecule has 18 aromatic heterocycles. The standard InChI is InChI=1S/C18H19N7O.C17H17N7O3.C17H17N7O2.2C16H17N7O.C15H15N7O/c1-9(2)25-18-14(16(19)20-8-21-18)15(23-25)10-3-6-12-13(7-10)26-24-17(12)22-11-4-5-11;1-8(2)24-16-12(14(18)19-7-20-16)13(22-24)9-4-5-10-11(6-9)27-23-15(10)21-17(25)26-3;1-8(2)24-17-13(15(18)19-7-20-17)14(22-24)10-4-5-11-12(6-10)26-23-16(11)21-9(3)25;1-8(2)23-16-12(14(17)19-7-20-16)13(21-23)9-4-5-11-10(6-9)15(18-3)22-24-11;1-8(2)23-16-12(14(17)19-7-20-16)13(21-23)9-4-5-10-11(6-9)24-22-15(10)18-3;1-7(2)22-15-11(14(17)18-6-19-15)12(20-22)8-3-4-9-10(5-8)23-21-13(9)16/h3,6-9,11H,4-5H2,1-2H3,(H,22,24)(H2,19,20,21);4-8H,1-3H3,(H2,18,19,20)(H,21,23,25);4-8H,1-3H3,(H2,18,19,20)(H,21,23,25);2*4-8H,1-3H3,(H,18,22)(H2,17,19,20);3-7H,1-2H3,(H2,16,21)(H2,17,18,19). The Morgan fingerprint density at radius 3 is 0.840 bits per heavy atom. The smallest absolute Gasteiger partial charge is 0.412 e. The van der Waals surface area contributed by atoms with Crippen LogP contribution in [0.2, 0.25) is 0 Å². The van der Waals surface area contributed by atoms with Crippen LogP contribution in [0.5, 0.6) is 0 Å². The quantitative estimate of drug-likeness (QED) is 0.0379. The molecule has 2 amide bonds. The molecule has 0 atom stereocenters. The summed E-state index contributed by atoms with van der Waals surface area (Å²) in [4.78, 5) is 73.4. The normalized spacial score (nSPS) is 12.1. The maximum Gasteiger partial charge on any atom is 0.412 e. The lowest BCUT2D eigenvalue weighted by molar-refractivity contribution is -0.114. The van der Waals surface area contributed by atoms with Gasteiger partial charge in [0.05, 0.1) is 71.7 Å². The van der Waals surface area contributed by atoms with Gasteiger partial charge in [-0.2, -0.15) is 30.6 Å².